The van der Waals surface area contributed by atoms with Crippen LogP contribution in [0.3, 0.4) is 0 Å². The molecule has 0 N–H and O–H groups in total. The molecule has 114 valence electrons. The van der Waals surface area contributed by atoms with E-state index in [2.05, 4.69) is 46.8 Å². The molecule has 4 rings (SSSR count). The molecule has 1 aliphatic heterocycles. The third-order valence-corrected chi connectivity index (χ3v) is 4.51. The highest BCUT2D eigenvalue weighted by molar-refractivity contribution is 5.85. The maximum absolute atomic E-state index is 12.3. The first-order valence-electron chi connectivity index (χ1n) is 8.06. The van der Waals surface area contributed by atoms with E-state index < -0.39 is 0 Å². The molecule has 0 fully saturated rings. The van der Waals surface area contributed by atoms with Gasteiger partial charge in [0.25, 0.3) is 5.56 Å². The molecule has 0 spiro atoms. The van der Waals surface area contributed by atoms with Crippen LogP contribution in [0.15, 0.2) is 53.3 Å². The van der Waals surface area contributed by atoms with Crippen LogP contribution in [0, 0.1) is 0 Å². The zero-order valence-electron chi connectivity index (χ0n) is 13.1. The molecule has 0 radical (unpaired) electrons. The number of benzene rings is 2. The van der Waals surface area contributed by atoms with E-state index in [1.54, 1.807) is 0 Å². The second-order valence-electron chi connectivity index (χ2n) is 5.92. The highest BCUT2D eigenvalue weighted by atomic mass is 16.1. The summed E-state index contributed by atoms with van der Waals surface area (Å²) in [4.78, 5) is 16.6. The van der Waals surface area contributed by atoms with E-state index in [1.807, 2.05) is 24.3 Å². The summed E-state index contributed by atoms with van der Waals surface area (Å²) in [7, 11) is 0. The number of hydrogen-bond donors (Lipinski definition) is 0. The minimum atomic E-state index is -0.138. The minimum Gasteiger partial charge on any atom is -0.325 e. The van der Waals surface area contributed by atoms with Crippen LogP contribution in [0.5, 0.6) is 0 Å². The molecule has 0 aliphatic carbocycles. The maximum Gasteiger partial charge on any atom is 0.281 e. The molecule has 23 heavy (non-hydrogen) atoms. The molecule has 0 saturated carbocycles. The molecule has 2 heterocycles. The summed E-state index contributed by atoms with van der Waals surface area (Å²) in [5.74, 6) is 0.813. The van der Waals surface area contributed by atoms with Gasteiger partial charge in [-0.1, -0.05) is 43.3 Å². The van der Waals surface area contributed by atoms with Gasteiger partial charge in [0.1, 0.15) is 5.82 Å². The van der Waals surface area contributed by atoms with Crippen molar-refractivity contribution in [2.24, 2.45) is 0 Å². The Morgan fingerprint density at radius 2 is 1.91 bits per heavy atom. The molecular weight excluding hydrogens is 284 g/mol. The Balaban J connectivity index is 1.83. The standard InChI is InChI=1S/C20H18N2O/c1-2-14-7-9-15(10-8-14)13-16-11-12-22-18-6-4-3-5-17(18)20(23)21-19(16)22/h3-10,13H,2,11-12H2,1H3/b16-13+. The topological polar surface area (TPSA) is 34.9 Å². The third-order valence-electron chi connectivity index (χ3n) is 4.51. The predicted octanol–water partition coefficient (Wildman–Crippen LogP) is 3.90. The monoisotopic (exact) mass is 302 g/mol. The predicted molar refractivity (Wildman–Crippen MR) is 94.3 cm³/mol. The van der Waals surface area contributed by atoms with Gasteiger partial charge in [-0.2, -0.15) is 4.98 Å². The summed E-state index contributed by atoms with van der Waals surface area (Å²) >= 11 is 0. The first kappa shape index (κ1) is 13.9. The fourth-order valence-corrected chi connectivity index (χ4v) is 3.22. The molecule has 0 amide bonds. The van der Waals surface area contributed by atoms with Gasteiger partial charge in [-0.05, 0) is 47.8 Å². The quantitative estimate of drug-likeness (QED) is 0.719. The van der Waals surface area contributed by atoms with Crippen molar-refractivity contribution in [1.29, 1.82) is 0 Å². The molecule has 1 aromatic heterocycles. The number of fused-ring (bicyclic) bond motifs is 3. The van der Waals surface area contributed by atoms with Crippen molar-refractivity contribution in [1.82, 2.24) is 9.55 Å². The van der Waals surface area contributed by atoms with Crippen molar-refractivity contribution in [2.75, 3.05) is 0 Å². The van der Waals surface area contributed by atoms with Crippen LogP contribution in [-0.4, -0.2) is 9.55 Å². The number of nitrogens with zero attached hydrogens (tertiary/aromatic N) is 2. The lowest BCUT2D eigenvalue weighted by Crippen LogP contribution is -2.14. The van der Waals surface area contributed by atoms with Crippen molar-refractivity contribution in [3.63, 3.8) is 0 Å². The number of para-hydroxylation sites is 1. The molecule has 3 aromatic rings. The molecule has 3 nitrogen and oxygen atoms in total. The summed E-state index contributed by atoms with van der Waals surface area (Å²) in [6.45, 7) is 3.03. The summed E-state index contributed by atoms with van der Waals surface area (Å²) < 4.78 is 2.16. The van der Waals surface area contributed by atoms with Crippen LogP contribution in [0.25, 0.3) is 22.6 Å². The average molecular weight is 302 g/mol. The first-order valence-corrected chi connectivity index (χ1v) is 8.06. The number of aryl methyl sites for hydroxylation is 2. The fourth-order valence-electron chi connectivity index (χ4n) is 3.22. The first-order chi connectivity index (χ1) is 11.3. The van der Waals surface area contributed by atoms with Crippen LogP contribution < -0.4 is 5.56 Å². The van der Waals surface area contributed by atoms with Gasteiger partial charge < -0.3 is 4.57 Å². The normalized spacial score (nSPS) is 15.3. The van der Waals surface area contributed by atoms with Gasteiger partial charge in [0.15, 0.2) is 0 Å². The van der Waals surface area contributed by atoms with Crippen LogP contribution >= 0.6 is 0 Å². The van der Waals surface area contributed by atoms with E-state index in [1.165, 1.54) is 5.56 Å². The minimum absolute atomic E-state index is 0.138. The lowest BCUT2D eigenvalue weighted by atomic mass is 10.1. The summed E-state index contributed by atoms with van der Waals surface area (Å²) in [5.41, 5.74) is 4.47. The van der Waals surface area contributed by atoms with Crippen molar-refractivity contribution in [2.45, 2.75) is 26.3 Å². The largest absolute Gasteiger partial charge is 0.325 e. The molecule has 0 saturated heterocycles. The van der Waals surface area contributed by atoms with Gasteiger partial charge in [0.05, 0.1) is 10.9 Å². The van der Waals surface area contributed by atoms with Crippen molar-refractivity contribution < 1.29 is 0 Å². The van der Waals surface area contributed by atoms with E-state index in [0.717, 1.165) is 41.9 Å². The Hall–Kier alpha value is -2.68. The van der Waals surface area contributed by atoms with Gasteiger partial charge in [-0.25, -0.2) is 0 Å². The van der Waals surface area contributed by atoms with Gasteiger partial charge in [-0.3, -0.25) is 4.79 Å². The molecule has 2 aromatic carbocycles. The van der Waals surface area contributed by atoms with E-state index in [4.69, 9.17) is 0 Å². The molecule has 0 atom stereocenters. The van der Waals surface area contributed by atoms with E-state index in [0.29, 0.717) is 5.39 Å². The second-order valence-corrected chi connectivity index (χ2v) is 5.92. The van der Waals surface area contributed by atoms with Gasteiger partial charge in [0, 0.05) is 6.54 Å². The SMILES string of the molecule is CCc1ccc(/C=C2\CCn3c2nc(=O)c2ccccc23)cc1. The van der Waals surface area contributed by atoms with Gasteiger partial charge in [-0.15, -0.1) is 0 Å². The van der Waals surface area contributed by atoms with Gasteiger partial charge >= 0.3 is 0 Å². The molecule has 1 aliphatic rings. The summed E-state index contributed by atoms with van der Waals surface area (Å²) in [5, 5.41) is 0.699. The molecular formula is C20H18N2O. The van der Waals surface area contributed by atoms with Crippen molar-refractivity contribution >= 4 is 22.6 Å². The lowest BCUT2D eigenvalue weighted by molar-refractivity contribution is 0.772. The van der Waals surface area contributed by atoms with Crippen molar-refractivity contribution in [3.05, 3.63) is 75.8 Å². The summed E-state index contributed by atoms with van der Waals surface area (Å²) in [6, 6.07) is 16.3. The zero-order chi connectivity index (χ0) is 15.8. The lowest BCUT2D eigenvalue weighted by Gasteiger charge is -2.07. The van der Waals surface area contributed by atoms with Crippen LogP contribution in [0.2, 0.25) is 0 Å². The van der Waals surface area contributed by atoms with Crippen LogP contribution in [-0.2, 0) is 13.0 Å². The Labute approximate surface area is 134 Å². The second kappa shape index (κ2) is 5.51. The smallest absolute Gasteiger partial charge is 0.281 e. The van der Waals surface area contributed by atoms with E-state index >= 15 is 0 Å². The van der Waals surface area contributed by atoms with Crippen molar-refractivity contribution in [3.8, 4) is 0 Å². The van der Waals surface area contributed by atoms with Gasteiger partial charge in [0.2, 0.25) is 0 Å². The van der Waals surface area contributed by atoms with E-state index in [9.17, 15) is 4.79 Å². The van der Waals surface area contributed by atoms with Crippen LogP contribution in [0.1, 0.15) is 30.3 Å². The average Bonchev–Trinajstić information content (AvgIpc) is 2.99. The Kier molecular flexibility index (Phi) is 3.34. The molecule has 0 bridgehead atoms. The number of hydrogen-bond acceptors (Lipinski definition) is 2. The highest BCUT2D eigenvalue weighted by Gasteiger charge is 2.20. The fraction of sp³-hybridized carbons (Fsp3) is 0.200. The Bertz CT molecular complexity index is 965. The number of allylic oxidation sites excluding steroid dienone is 1. The van der Waals surface area contributed by atoms with Crippen LogP contribution in [0.4, 0.5) is 0 Å². The maximum atomic E-state index is 12.3. The number of aromatic nitrogens is 2. The highest BCUT2D eigenvalue weighted by Crippen LogP contribution is 2.29. The zero-order valence-corrected chi connectivity index (χ0v) is 13.1. The van der Waals surface area contributed by atoms with E-state index in [-0.39, 0.29) is 5.56 Å². The number of rotatable bonds is 2. The molecule has 3 heteroatoms. The Morgan fingerprint density at radius 1 is 1.13 bits per heavy atom. The third kappa shape index (κ3) is 2.38. The molecule has 0 unspecified atom stereocenters. The Morgan fingerprint density at radius 3 is 2.70 bits per heavy atom. The summed E-state index contributed by atoms with van der Waals surface area (Å²) in [6.07, 6.45) is 4.11.